The van der Waals surface area contributed by atoms with Crippen LogP contribution in [0.25, 0.3) is 10.9 Å². The van der Waals surface area contributed by atoms with Gasteiger partial charge in [0.25, 0.3) is 5.91 Å². The average Bonchev–Trinajstić information content (AvgIpc) is 2.88. The van der Waals surface area contributed by atoms with E-state index in [9.17, 15) is 4.79 Å². The number of rotatable bonds is 12. The second-order valence-electron chi connectivity index (χ2n) is 9.29. The molecule has 1 aliphatic rings. The Morgan fingerprint density at radius 1 is 0.917 bits per heavy atom. The number of nitrogens with one attached hydrogen (secondary N) is 2. The van der Waals surface area contributed by atoms with Crippen LogP contribution in [0, 0.1) is 0 Å². The molecule has 0 saturated carbocycles. The van der Waals surface area contributed by atoms with Gasteiger partial charge in [0.2, 0.25) is 0 Å². The first-order valence-electron chi connectivity index (χ1n) is 12.9. The summed E-state index contributed by atoms with van der Waals surface area (Å²) in [7, 11) is 0. The molecule has 2 heterocycles. The minimum atomic E-state index is -0.160. The van der Waals surface area contributed by atoms with Crippen molar-refractivity contribution in [2.24, 2.45) is 0 Å². The number of hydrogen-bond donors (Lipinski definition) is 2. The number of aryl methyl sites for hydroxylation is 1. The standard InChI is InChI=1S/C28H34Cl2N4O.ClH/c29-23-18-20(19-33-27(23)30)28(35)32-17-11-5-3-1-2-4-10-16-31-26-21-12-6-8-14-24(21)34-25-15-9-7-13-22(25)26;/h6,8,12,14,18-19H,1-5,7,9-11,13,15-17H2,(H,31,34)(H,32,35);1H. The number of aromatic nitrogens is 2. The number of para-hydroxylation sites is 1. The van der Waals surface area contributed by atoms with E-state index in [1.165, 1.54) is 73.5 Å². The van der Waals surface area contributed by atoms with Gasteiger partial charge in [-0.05, 0) is 56.2 Å². The molecule has 1 amide bonds. The smallest absolute Gasteiger partial charge is 0.252 e. The van der Waals surface area contributed by atoms with Gasteiger partial charge in [0.1, 0.15) is 5.15 Å². The van der Waals surface area contributed by atoms with Gasteiger partial charge in [-0.25, -0.2) is 4.98 Å². The van der Waals surface area contributed by atoms with Gasteiger partial charge in [-0.2, -0.15) is 0 Å². The summed E-state index contributed by atoms with van der Waals surface area (Å²) >= 11 is 11.7. The van der Waals surface area contributed by atoms with Gasteiger partial charge in [-0.3, -0.25) is 9.78 Å². The summed E-state index contributed by atoms with van der Waals surface area (Å²) in [6.07, 6.45) is 14.4. The summed E-state index contributed by atoms with van der Waals surface area (Å²) < 4.78 is 0. The Morgan fingerprint density at radius 3 is 2.39 bits per heavy atom. The predicted molar refractivity (Wildman–Crippen MR) is 153 cm³/mol. The highest BCUT2D eigenvalue weighted by atomic mass is 35.5. The molecule has 1 aromatic carbocycles. The second-order valence-corrected chi connectivity index (χ2v) is 10.1. The van der Waals surface area contributed by atoms with Gasteiger partial charge < -0.3 is 10.6 Å². The summed E-state index contributed by atoms with van der Waals surface area (Å²) in [6.45, 7) is 1.67. The van der Waals surface area contributed by atoms with E-state index in [4.69, 9.17) is 28.2 Å². The van der Waals surface area contributed by atoms with E-state index in [0.29, 0.717) is 17.1 Å². The molecule has 2 N–H and O–H groups in total. The molecular weight excluding hydrogens is 515 g/mol. The molecule has 0 atom stereocenters. The van der Waals surface area contributed by atoms with Crippen LogP contribution in [0.2, 0.25) is 10.2 Å². The molecule has 0 radical (unpaired) electrons. The minimum absolute atomic E-state index is 0. The maximum absolute atomic E-state index is 12.1. The normalized spacial score (nSPS) is 12.6. The van der Waals surface area contributed by atoms with Gasteiger partial charge in [0.15, 0.2) is 0 Å². The number of fused-ring (bicyclic) bond motifs is 2. The Bertz CT molecular complexity index is 1160. The van der Waals surface area contributed by atoms with Crippen LogP contribution in [-0.4, -0.2) is 29.0 Å². The molecule has 8 heteroatoms. The topological polar surface area (TPSA) is 66.9 Å². The summed E-state index contributed by atoms with van der Waals surface area (Å²) in [5, 5.41) is 8.45. The third kappa shape index (κ3) is 7.71. The van der Waals surface area contributed by atoms with Crippen molar-refractivity contribution in [2.75, 3.05) is 18.4 Å². The number of benzene rings is 1. The second kappa shape index (κ2) is 14.6. The Balaban J connectivity index is 0.00000361. The van der Waals surface area contributed by atoms with Crippen LogP contribution >= 0.6 is 35.6 Å². The first kappa shape index (κ1) is 28.5. The van der Waals surface area contributed by atoms with E-state index in [1.54, 1.807) is 6.07 Å². The lowest BCUT2D eigenvalue weighted by Gasteiger charge is -2.21. The van der Waals surface area contributed by atoms with Crippen molar-refractivity contribution in [2.45, 2.75) is 70.6 Å². The average molecular weight is 550 g/mol. The Morgan fingerprint density at radius 2 is 1.61 bits per heavy atom. The molecule has 0 spiro atoms. The fraction of sp³-hybridized carbons (Fsp3) is 0.464. The van der Waals surface area contributed by atoms with Crippen LogP contribution in [-0.2, 0) is 12.8 Å². The lowest BCUT2D eigenvalue weighted by molar-refractivity contribution is 0.0952. The van der Waals surface area contributed by atoms with Crippen LogP contribution in [0.4, 0.5) is 5.69 Å². The molecule has 1 aliphatic carbocycles. The van der Waals surface area contributed by atoms with E-state index < -0.39 is 0 Å². The quantitative estimate of drug-likeness (QED) is 0.179. The van der Waals surface area contributed by atoms with E-state index in [1.807, 2.05) is 0 Å². The van der Waals surface area contributed by atoms with E-state index in [-0.39, 0.29) is 23.5 Å². The van der Waals surface area contributed by atoms with Crippen molar-refractivity contribution in [3.05, 3.63) is 63.5 Å². The number of pyridine rings is 2. The number of amides is 1. The van der Waals surface area contributed by atoms with Crippen LogP contribution < -0.4 is 10.6 Å². The predicted octanol–water partition coefficient (Wildman–Crippen LogP) is 7.81. The molecule has 0 unspecified atom stereocenters. The maximum atomic E-state index is 12.1. The Labute approximate surface area is 230 Å². The summed E-state index contributed by atoms with van der Waals surface area (Å²) in [5.41, 5.74) is 5.61. The van der Waals surface area contributed by atoms with Crippen molar-refractivity contribution in [1.82, 2.24) is 15.3 Å². The lowest BCUT2D eigenvalue weighted by Crippen LogP contribution is -2.24. The fourth-order valence-electron chi connectivity index (χ4n) is 4.77. The van der Waals surface area contributed by atoms with E-state index in [2.05, 4.69) is 39.9 Å². The van der Waals surface area contributed by atoms with Crippen LogP contribution in [0.15, 0.2) is 36.5 Å². The number of hydrogen-bond acceptors (Lipinski definition) is 4. The third-order valence-electron chi connectivity index (χ3n) is 6.67. The van der Waals surface area contributed by atoms with Crippen molar-refractivity contribution >= 4 is 58.1 Å². The van der Waals surface area contributed by atoms with Crippen LogP contribution in [0.5, 0.6) is 0 Å². The third-order valence-corrected chi connectivity index (χ3v) is 7.35. The number of anilines is 1. The van der Waals surface area contributed by atoms with Gasteiger partial charge in [0, 0.05) is 36.1 Å². The highest BCUT2D eigenvalue weighted by Crippen LogP contribution is 2.33. The Kier molecular flexibility index (Phi) is 11.6. The molecule has 5 nitrogen and oxygen atoms in total. The SMILES string of the molecule is Cl.O=C(NCCCCCCCCCNc1c2c(nc3ccccc13)CCCC2)c1cnc(Cl)c(Cl)c1. The summed E-state index contributed by atoms with van der Waals surface area (Å²) in [6, 6.07) is 10.1. The van der Waals surface area contributed by atoms with E-state index >= 15 is 0 Å². The number of carbonyl (C=O) groups is 1. The molecule has 0 fully saturated rings. The van der Waals surface area contributed by atoms with Gasteiger partial charge in [-0.15, -0.1) is 12.4 Å². The van der Waals surface area contributed by atoms with Crippen LogP contribution in [0.1, 0.15) is 79.4 Å². The molecule has 0 bridgehead atoms. The molecule has 0 aliphatic heterocycles. The van der Waals surface area contributed by atoms with Gasteiger partial charge >= 0.3 is 0 Å². The van der Waals surface area contributed by atoms with Gasteiger partial charge in [-0.1, -0.05) is 73.5 Å². The van der Waals surface area contributed by atoms with Crippen molar-refractivity contribution in [3.8, 4) is 0 Å². The van der Waals surface area contributed by atoms with Crippen molar-refractivity contribution < 1.29 is 4.79 Å². The zero-order valence-electron chi connectivity index (χ0n) is 20.6. The molecule has 0 saturated heterocycles. The fourth-order valence-corrected chi connectivity index (χ4v) is 5.04. The summed E-state index contributed by atoms with van der Waals surface area (Å²) in [5.74, 6) is -0.160. The number of unbranched alkanes of at least 4 members (excludes halogenated alkanes) is 6. The number of halogens is 3. The van der Waals surface area contributed by atoms with Crippen molar-refractivity contribution in [1.29, 1.82) is 0 Å². The zero-order valence-corrected chi connectivity index (χ0v) is 23.0. The molecule has 2 aromatic heterocycles. The largest absolute Gasteiger partial charge is 0.384 e. The molecule has 36 heavy (non-hydrogen) atoms. The molecule has 4 rings (SSSR count). The summed E-state index contributed by atoms with van der Waals surface area (Å²) in [4.78, 5) is 21.0. The molecule has 194 valence electrons. The Hall–Kier alpha value is -2.08. The minimum Gasteiger partial charge on any atom is -0.384 e. The lowest BCUT2D eigenvalue weighted by atomic mass is 9.92. The highest BCUT2D eigenvalue weighted by Gasteiger charge is 2.17. The van der Waals surface area contributed by atoms with Crippen LogP contribution in [0.3, 0.4) is 0 Å². The molecule has 3 aromatic rings. The zero-order chi connectivity index (χ0) is 24.5. The molecular formula is C28H35Cl3N4O. The maximum Gasteiger partial charge on any atom is 0.252 e. The van der Waals surface area contributed by atoms with E-state index in [0.717, 1.165) is 37.7 Å². The first-order valence-corrected chi connectivity index (χ1v) is 13.6. The van der Waals surface area contributed by atoms with Crippen molar-refractivity contribution in [3.63, 3.8) is 0 Å². The van der Waals surface area contributed by atoms with Gasteiger partial charge in [0.05, 0.1) is 16.1 Å². The monoisotopic (exact) mass is 548 g/mol. The first-order chi connectivity index (χ1) is 17.1. The number of carbonyl (C=O) groups excluding carboxylic acids is 1. The number of nitrogens with zero attached hydrogens (tertiary/aromatic N) is 2. The highest BCUT2D eigenvalue weighted by molar-refractivity contribution is 6.41.